The van der Waals surface area contributed by atoms with E-state index < -0.39 is 6.10 Å². The maximum Gasteiger partial charge on any atom is 0.251 e. The highest BCUT2D eigenvalue weighted by Gasteiger charge is 2.22. The number of piperazine rings is 1. The number of aromatic nitrogens is 2. The van der Waals surface area contributed by atoms with Crippen molar-refractivity contribution in [1.29, 1.82) is 0 Å². The van der Waals surface area contributed by atoms with E-state index in [1.807, 2.05) is 30.2 Å². The maximum atomic E-state index is 12.0. The molecule has 0 aliphatic carbocycles. The molecule has 3 rings (SSSR count). The van der Waals surface area contributed by atoms with Crippen molar-refractivity contribution < 1.29 is 9.90 Å². The molecule has 26 heavy (non-hydrogen) atoms. The molecule has 7 nitrogen and oxygen atoms in total. The summed E-state index contributed by atoms with van der Waals surface area (Å²) in [6.07, 6.45) is 2.12. The molecular formula is C19H26N4O3. The molecule has 0 radical (unpaired) electrons. The van der Waals surface area contributed by atoms with E-state index in [4.69, 9.17) is 0 Å². The summed E-state index contributed by atoms with van der Waals surface area (Å²) in [5, 5.41) is 9.35. The lowest BCUT2D eigenvalue weighted by molar-refractivity contribution is -0.134. The fourth-order valence-corrected chi connectivity index (χ4v) is 3.31. The van der Waals surface area contributed by atoms with E-state index in [-0.39, 0.29) is 17.9 Å². The van der Waals surface area contributed by atoms with Gasteiger partial charge in [-0.1, -0.05) is 6.92 Å². The summed E-state index contributed by atoms with van der Waals surface area (Å²) >= 11 is 0. The second-order valence-corrected chi connectivity index (χ2v) is 6.96. The number of pyridine rings is 2. The van der Waals surface area contributed by atoms with Gasteiger partial charge in [0.25, 0.3) is 5.56 Å². The van der Waals surface area contributed by atoms with Crippen molar-refractivity contribution in [2.45, 2.75) is 39.3 Å². The number of aliphatic hydroxyl groups excluding tert-OH is 1. The number of nitrogens with zero attached hydrogens (tertiary/aromatic N) is 3. The molecule has 0 aromatic carbocycles. The van der Waals surface area contributed by atoms with Gasteiger partial charge in [0.15, 0.2) is 0 Å². The Balaban J connectivity index is 1.63. The fraction of sp³-hybridized carbons (Fsp3) is 0.526. The fourth-order valence-electron chi connectivity index (χ4n) is 3.31. The lowest BCUT2D eigenvalue weighted by Crippen LogP contribution is -2.48. The van der Waals surface area contributed by atoms with Crippen LogP contribution in [0.25, 0.3) is 11.0 Å². The third-order valence-corrected chi connectivity index (χ3v) is 4.81. The Morgan fingerprint density at radius 3 is 2.69 bits per heavy atom. The number of aromatic amines is 1. The second-order valence-electron chi connectivity index (χ2n) is 6.96. The van der Waals surface area contributed by atoms with Crippen LogP contribution < -0.4 is 5.56 Å². The first-order chi connectivity index (χ1) is 12.5. The number of aryl methyl sites for hydroxylation is 1. The van der Waals surface area contributed by atoms with E-state index in [2.05, 4.69) is 14.9 Å². The number of carbonyl (C=O) groups excluding carboxylic acids is 1. The van der Waals surface area contributed by atoms with Crippen LogP contribution in [0.1, 0.15) is 31.4 Å². The van der Waals surface area contributed by atoms with E-state index >= 15 is 0 Å². The molecule has 140 valence electrons. The molecule has 2 N–H and O–H groups in total. The zero-order valence-electron chi connectivity index (χ0n) is 15.4. The van der Waals surface area contributed by atoms with Crippen LogP contribution in [0.3, 0.4) is 0 Å². The summed E-state index contributed by atoms with van der Waals surface area (Å²) in [5.41, 5.74) is 3.30. The van der Waals surface area contributed by atoms with E-state index in [9.17, 15) is 14.7 Å². The summed E-state index contributed by atoms with van der Waals surface area (Å²) in [4.78, 5) is 35.5. The van der Waals surface area contributed by atoms with E-state index in [1.165, 1.54) is 0 Å². The third kappa shape index (κ3) is 4.28. The van der Waals surface area contributed by atoms with Gasteiger partial charge in [-0.3, -0.25) is 19.5 Å². The molecule has 1 aliphatic heterocycles. The molecule has 1 atom stereocenters. The van der Waals surface area contributed by atoms with Gasteiger partial charge in [-0.05, 0) is 31.0 Å². The van der Waals surface area contributed by atoms with E-state index in [0.29, 0.717) is 19.5 Å². The monoisotopic (exact) mass is 358 g/mol. The van der Waals surface area contributed by atoms with Crippen molar-refractivity contribution >= 4 is 16.9 Å². The van der Waals surface area contributed by atoms with Crippen LogP contribution in [0.4, 0.5) is 0 Å². The highest BCUT2D eigenvalue weighted by molar-refractivity contribution is 5.76. The van der Waals surface area contributed by atoms with Gasteiger partial charge >= 0.3 is 0 Å². The van der Waals surface area contributed by atoms with Crippen molar-refractivity contribution in [2.24, 2.45) is 0 Å². The molecule has 1 saturated heterocycles. The van der Waals surface area contributed by atoms with Crippen molar-refractivity contribution in [3.05, 3.63) is 39.8 Å². The number of nitrogens with one attached hydrogen (secondary N) is 1. The van der Waals surface area contributed by atoms with Crippen LogP contribution in [0, 0.1) is 0 Å². The molecule has 1 amide bonds. The highest BCUT2D eigenvalue weighted by atomic mass is 16.3. The van der Waals surface area contributed by atoms with Crippen LogP contribution in [-0.2, 0) is 17.8 Å². The standard InChI is InChI=1S/C19H26N4O3/c1-3-15-10-16-17(21-19(15)26)9-14(11-20-16)12-22-4-6-23(7-5-22)18(25)8-13(2)24/h9-11,13,24H,3-8,12H2,1-2H3,(H,21,26)/t13-/m0/s1. The number of hydrogen-bond acceptors (Lipinski definition) is 5. The number of rotatable bonds is 5. The molecule has 0 bridgehead atoms. The number of fused-ring (bicyclic) bond motifs is 1. The van der Waals surface area contributed by atoms with E-state index in [0.717, 1.165) is 41.8 Å². The molecule has 1 aliphatic rings. The summed E-state index contributed by atoms with van der Waals surface area (Å²) in [6, 6.07) is 3.83. The minimum atomic E-state index is -0.598. The Morgan fingerprint density at radius 1 is 1.31 bits per heavy atom. The van der Waals surface area contributed by atoms with Crippen LogP contribution in [-0.4, -0.2) is 63.1 Å². The van der Waals surface area contributed by atoms with Crippen molar-refractivity contribution in [3.8, 4) is 0 Å². The van der Waals surface area contributed by atoms with Crippen LogP contribution >= 0.6 is 0 Å². The number of H-pyrrole nitrogens is 1. The van der Waals surface area contributed by atoms with E-state index in [1.54, 1.807) is 6.92 Å². The van der Waals surface area contributed by atoms with Crippen LogP contribution in [0.15, 0.2) is 23.1 Å². The predicted octanol–water partition coefficient (Wildman–Crippen LogP) is 0.901. The third-order valence-electron chi connectivity index (χ3n) is 4.81. The Morgan fingerprint density at radius 2 is 2.04 bits per heavy atom. The summed E-state index contributed by atoms with van der Waals surface area (Å²) in [6.45, 7) is 7.24. The summed E-state index contributed by atoms with van der Waals surface area (Å²) < 4.78 is 0. The van der Waals surface area contributed by atoms with Gasteiger partial charge in [-0.15, -0.1) is 0 Å². The zero-order valence-corrected chi connectivity index (χ0v) is 15.4. The van der Waals surface area contributed by atoms with Crippen molar-refractivity contribution in [3.63, 3.8) is 0 Å². The topological polar surface area (TPSA) is 89.5 Å². The molecule has 0 unspecified atom stereocenters. The Kier molecular flexibility index (Phi) is 5.68. The minimum Gasteiger partial charge on any atom is -0.393 e. The molecule has 1 fully saturated rings. The SMILES string of the molecule is CCc1cc2ncc(CN3CCN(C(=O)C[C@H](C)O)CC3)cc2[nH]c1=O. The number of aliphatic hydroxyl groups is 1. The zero-order chi connectivity index (χ0) is 18.7. The lowest BCUT2D eigenvalue weighted by atomic mass is 10.1. The summed E-state index contributed by atoms with van der Waals surface area (Å²) in [7, 11) is 0. The maximum absolute atomic E-state index is 12.0. The quantitative estimate of drug-likeness (QED) is 0.829. The lowest BCUT2D eigenvalue weighted by Gasteiger charge is -2.35. The molecule has 7 heteroatoms. The minimum absolute atomic E-state index is 0.0105. The van der Waals surface area contributed by atoms with Gasteiger partial charge in [0, 0.05) is 44.5 Å². The molecule has 0 spiro atoms. The number of amides is 1. The molecular weight excluding hydrogens is 332 g/mol. The highest BCUT2D eigenvalue weighted by Crippen LogP contribution is 2.14. The van der Waals surface area contributed by atoms with Gasteiger partial charge in [0.1, 0.15) is 0 Å². The average molecular weight is 358 g/mol. The smallest absolute Gasteiger partial charge is 0.251 e. The number of carbonyl (C=O) groups is 1. The molecule has 3 heterocycles. The summed E-state index contributed by atoms with van der Waals surface area (Å²) in [5.74, 6) is 0.0105. The Labute approximate surface area is 152 Å². The van der Waals surface area contributed by atoms with Crippen LogP contribution in [0.5, 0.6) is 0 Å². The van der Waals surface area contributed by atoms with Gasteiger partial charge in [-0.25, -0.2) is 0 Å². The van der Waals surface area contributed by atoms with Gasteiger partial charge in [-0.2, -0.15) is 0 Å². The predicted molar refractivity (Wildman–Crippen MR) is 99.9 cm³/mol. The number of hydrogen-bond donors (Lipinski definition) is 2. The van der Waals surface area contributed by atoms with Gasteiger partial charge < -0.3 is 15.0 Å². The molecule has 0 saturated carbocycles. The average Bonchev–Trinajstić information content (AvgIpc) is 2.61. The molecule has 2 aromatic heterocycles. The van der Waals surface area contributed by atoms with Crippen LogP contribution in [0.2, 0.25) is 0 Å². The van der Waals surface area contributed by atoms with Gasteiger partial charge in [0.05, 0.1) is 23.6 Å². The largest absolute Gasteiger partial charge is 0.393 e. The first-order valence-corrected chi connectivity index (χ1v) is 9.15. The second kappa shape index (κ2) is 7.97. The van der Waals surface area contributed by atoms with Crippen molar-refractivity contribution in [2.75, 3.05) is 26.2 Å². The first kappa shape index (κ1) is 18.5. The Hall–Kier alpha value is -2.25. The normalized spacial score (nSPS) is 16.8. The Bertz CT molecular complexity index is 838. The van der Waals surface area contributed by atoms with Gasteiger partial charge in [0.2, 0.25) is 5.91 Å². The molecule has 2 aromatic rings. The van der Waals surface area contributed by atoms with Crippen molar-refractivity contribution in [1.82, 2.24) is 19.8 Å². The first-order valence-electron chi connectivity index (χ1n) is 9.15.